The maximum absolute atomic E-state index is 14.1. The zero-order valence-corrected chi connectivity index (χ0v) is 24.1. The van der Waals surface area contributed by atoms with Crippen LogP contribution in [0.15, 0.2) is 84.9 Å². The number of carboxylic acids is 1. The first-order valence-electron chi connectivity index (χ1n) is 14.5. The third-order valence-electron chi connectivity index (χ3n) is 8.46. The van der Waals surface area contributed by atoms with Crippen molar-refractivity contribution in [3.05, 3.63) is 102 Å². The van der Waals surface area contributed by atoms with E-state index in [1.54, 1.807) is 11.9 Å². The average molecular weight is 591 g/mol. The van der Waals surface area contributed by atoms with Gasteiger partial charge >= 0.3 is 5.97 Å². The lowest BCUT2D eigenvalue weighted by molar-refractivity contribution is -0.303. The standard InChI is InChI=1S/C33H38N2O8/c1-20(35-18-17-23(19-35)42-33-29(38)27(36)28(37)30(43-33)32(40)41)24-15-9-10-16-25(24)34(2)31(39)26(21-11-5-3-6-12-21)22-13-7-4-8-14-22/h3-16,20,23,26-30,33,36-38H,17-19H2,1-2H3,(H,40,41). The maximum Gasteiger partial charge on any atom is 0.335 e. The molecule has 2 aliphatic rings. The van der Waals surface area contributed by atoms with Crippen LogP contribution in [0.1, 0.15) is 42.0 Å². The lowest BCUT2D eigenvalue weighted by Gasteiger charge is -2.39. The number of aliphatic hydroxyl groups excluding tert-OH is 3. The summed E-state index contributed by atoms with van der Waals surface area (Å²) in [6, 6.07) is 27.1. The smallest absolute Gasteiger partial charge is 0.335 e. The van der Waals surface area contributed by atoms with E-state index in [0.29, 0.717) is 19.5 Å². The van der Waals surface area contributed by atoms with E-state index in [-0.39, 0.29) is 11.9 Å². The van der Waals surface area contributed by atoms with Crippen molar-refractivity contribution in [2.24, 2.45) is 0 Å². The molecule has 10 nitrogen and oxygen atoms in total. The van der Waals surface area contributed by atoms with Gasteiger partial charge in [-0.3, -0.25) is 9.69 Å². The van der Waals surface area contributed by atoms with Gasteiger partial charge in [0, 0.05) is 31.9 Å². The molecule has 0 spiro atoms. The van der Waals surface area contributed by atoms with Crippen LogP contribution >= 0.6 is 0 Å². The summed E-state index contributed by atoms with van der Waals surface area (Å²) < 4.78 is 11.2. The average Bonchev–Trinajstić information content (AvgIpc) is 3.50. The zero-order valence-electron chi connectivity index (χ0n) is 24.1. The Morgan fingerprint density at radius 3 is 2.07 bits per heavy atom. The SMILES string of the molecule is CC(c1ccccc1N(C)C(=O)C(c1ccccc1)c1ccccc1)N1CCC(OC2OC(C(=O)O)C(O)C(O)C2O)C1. The molecule has 3 aromatic rings. The van der Waals surface area contributed by atoms with Gasteiger partial charge in [-0.1, -0.05) is 78.9 Å². The maximum atomic E-state index is 14.1. The van der Waals surface area contributed by atoms with Gasteiger partial charge in [-0.2, -0.15) is 0 Å². The Morgan fingerprint density at radius 1 is 0.884 bits per heavy atom. The Hall–Kier alpha value is -3.64. The van der Waals surface area contributed by atoms with E-state index in [9.17, 15) is 30.0 Å². The van der Waals surface area contributed by atoms with Gasteiger partial charge in [0.1, 0.15) is 18.3 Å². The van der Waals surface area contributed by atoms with E-state index in [2.05, 4.69) is 11.8 Å². The number of nitrogens with zero attached hydrogens (tertiary/aromatic N) is 2. The van der Waals surface area contributed by atoms with Crippen LogP contribution in [0, 0.1) is 0 Å². The highest BCUT2D eigenvalue weighted by atomic mass is 16.7. The quantitative estimate of drug-likeness (QED) is 0.296. The molecule has 7 atom stereocenters. The first-order valence-corrected chi connectivity index (χ1v) is 14.5. The van der Waals surface area contributed by atoms with Crippen molar-refractivity contribution in [2.75, 3.05) is 25.0 Å². The van der Waals surface area contributed by atoms with E-state index < -0.39 is 48.7 Å². The summed E-state index contributed by atoms with van der Waals surface area (Å²) >= 11 is 0. The van der Waals surface area contributed by atoms with Crippen molar-refractivity contribution < 1.29 is 39.5 Å². The van der Waals surface area contributed by atoms with Gasteiger partial charge in [0.2, 0.25) is 5.91 Å². The third-order valence-corrected chi connectivity index (χ3v) is 8.46. The topological polar surface area (TPSA) is 140 Å². The summed E-state index contributed by atoms with van der Waals surface area (Å²) in [4.78, 5) is 29.5. The lowest BCUT2D eigenvalue weighted by atomic mass is 9.89. The molecule has 5 rings (SSSR count). The number of ether oxygens (including phenoxy) is 2. The summed E-state index contributed by atoms with van der Waals surface area (Å²) in [6.07, 6.45) is -8.03. The summed E-state index contributed by atoms with van der Waals surface area (Å²) in [7, 11) is 1.79. The number of benzene rings is 3. The van der Waals surface area contributed by atoms with Crippen molar-refractivity contribution in [2.45, 2.75) is 62.1 Å². The Morgan fingerprint density at radius 2 is 1.47 bits per heavy atom. The Balaban J connectivity index is 1.32. The highest BCUT2D eigenvalue weighted by molar-refractivity contribution is 6.00. The van der Waals surface area contributed by atoms with Gasteiger partial charge in [-0.15, -0.1) is 0 Å². The van der Waals surface area contributed by atoms with E-state index in [1.807, 2.05) is 84.9 Å². The molecule has 10 heteroatoms. The number of aliphatic hydroxyl groups is 3. The fourth-order valence-corrected chi connectivity index (χ4v) is 5.99. The van der Waals surface area contributed by atoms with Crippen LogP contribution in [0.4, 0.5) is 5.69 Å². The molecule has 2 aliphatic heterocycles. The molecule has 7 unspecified atom stereocenters. The number of hydrogen-bond acceptors (Lipinski definition) is 8. The Kier molecular flexibility index (Phi) is 9.55. The molecule has 0 bridgehead atoms. The van der Waals surface area contributed by atoms with Gasteiger partial charge in [0.15, 0.2) is 12.4 Å². The second-order valence-electron chi connectivity index (χ2n) is 11.2. The highest BCUT2D eigenvalue weighted by Crippen LogP contribution is 2.35. The predicted octanol–water partition coefficient (Wildman–Crippen LogP) is 2.53. The molecule has 1 amide bonds. The van der Waals surface area contributed by atoms with Crippen LogP contribution in [0.3, 0.4) is 0 Å². The van der Waals surface area contributed by atoms with Crippen LogP contribution in [-0.2, 0) is 19.1 Å². The Labute approximate surface area is 250 Å². The Bertz CT molecular complexity index is 1350. The third kappa shape index (κ3) is 6.50. The first-order chi connectivity index (χ1) is 20.7. The van der Waals surface area contributed by atoms with E-state index >= 15 is 0 Å². The molecule has 43 heavy (non-hydrogen) atoms. The van der Waals surface area contributed by atoms with Gasteiger partial charge < -0.3 is 34.8 Å². The molecule has 3 aromatic carbocycles. The number of carboxylic acid groups (broad SMARTS) is 1. The van der Waals surface area contributed by atoms with Gasteiger partial charge in [-0.05, 0) is 36.1 Å². The molecule has 0 saturated carbocycles. The van der Waals surface area contributed by atoms with Crippen molar-refractivity contribution in [1.82, 2.24) is 4.90 Å². The largest absolute Gasteiger partial charge is 0.479 e. The summed E-state index contributed by atoms with van der Waals surface area (Å²) in [5.74, 6) is -1.99. The van der Waals surface area contributed by atoms with Crippen molar-refractivity contribution >= 4 is 17.6 Å². The molecule has 2 heterocycles. The zero-order chi connectivity index (χ0) is 30.7. The number of carbonyl (C=O) groups is 2. The number of amides is 1. The molecule has 0 aliphatic carbocycles. The van der Waals surface area contributed by atoms with Crippen LogP contribution in [0.2, 0.25) is 0 Å². The fourth-order valence-electron chi connectivity index (χ4n) is 5.99. The molecular formula is C33H38N2O8. The summed E-state index contributed by atoms with van der Waals surface area (Å²) in [5.41, 5.74) is 3.56. The van der Waals surface area contributed by atoms with Crippen LogP contribution < -0.4 is 4.90 Å². The number of hydrogen-bond donors (Lipinski definition) is 4. The minimum atomic E-state index is -1.77. The molecular weight excluding hydrogens is 552 g/mol. The molecule has 0 radical (unpaired) electrons. The monoisotopic (exact) mass is 590 g/mol. The van der Waals surface area contributed by atoms with Gasteiger partial charge in [0.25, 0.3) is 0 Å². The molecule has 228 valence electrons. The number of likely N-dealkylation sites (tertiary alicyclic amines) is 1. The highest BCUT2D eigenvalue weighted by Gasteiger charge is 2.48. The summed E-state index contributed by atoms with van der Waals surface area (Å²) in [5, 5.41) is 39.8. The number of likely N-dealkylation sites (N-methyl/N-ethyl adjacent to an activating group) is 1. The number of rotatable bonds is 9. The van der Waals surface area contributed by atoms with Crippen molar-refractivity contribution in [1.29, 1.82) is 0 Å². The second kappa shape index (κ2) is 13.3. The van der Waals surface area contributed by atoms with Crippen LogP contribution in [0.25, 0.3) is 0 Å². The first kappa shape index (κ1) is 30.8. The lowest BCUT2D eigenvalue weighted by Crippen LogP contribution is -2.60. The number of carbonyl (C=O) groups excluding carboxylic acids is 1. The van der Waals surface area contributed by atoms with E-state index in [0.717, 1.165) is 22.4 Å². The molecule has 2 fully saturated rings. The minimum absolute atomic E-state index is 0.0585. The number of anilines is 1. The van der Waals surface area contributed by atoms with Crippen LogP contribution in [-0.4, -0.2) is 94.1 Å². The summed E-state index contributed by atoms with van der Waals surface area (Å²) in [6.45, 7) is 3.15. The van der Waals surface area contributed by atoms with E-state index in [1.165, 1.54) is 0 Å². The van der Waals surface area contributed by atoms with E-state index in [4.69, 9.17) is 9.47 Å². The van der Waals surface area contributed by atoms with Crippen molar-refractivity contribution in [3.8, 4) is 0 Å². The van der Waals surface area contributed by atoms with Crippen molar-refractivity contribution in [3.63, 3.8) is 0 Å². The molecule has 4 N–H and O–H groups in total. The van der Waals surface area contributed by atoms with Crippen LogP contribution in [0.5, 0.6) is 0 Å². The van der Waals surface area contributed by atoms with Gasteiger partial charge in [-0.25, -0.2) is 4.79 Å². The van der Waals surface area contributed by atoms with Gasteiger partial charge in [0.05, 0.1) is 12.0 Å². The molecule has 0 aromatic heterocycles. The number of para-hydroxylation sites is 1. The normalized spacial score (nSPS) is 26.7. The fraction of sp³-hybridized carbons (Fsp3) is 0.394. The second-order valence-corrected chi connectivity index (χ2v) is 11.2. The minimum Gasteiger partial charge on any atom is -0.479 e. The molecule has 2 saturated heterocycles. The predicted molar refractivity (Wildman–Crippen MR) is 158 cm³/mol. The number of aliphatic carboxylic acids is 1.